The topological polar surface area (TPSA) is 89.0 Å². The van der Waals surface area contributed by atoms with E-state index in [2.05, 4.69) is 9.88 Å². The van der Waals surface area contributed by atoms with Gasteiger partial charge >= 0.3 is 5.97 Å². The van der Waals surface area contributed by atoms with Crippen molar-refractivity contribution < 1.29 is 19.7 Å². The lowest BCUT2D eigenvalue weighted by atomic mass is 10.0. The van der Waals surface area contributed by atoms with E-state index in [-0.39, 0.29) is 6.61 Å². The maximum Gasteiger partial charge on any atom is 0.325 e. The summed E-state index contributed by atoms with van der Waals surface area (Å²) in [5, 5.41) is 19.5. The maximum absolute atomic E-state index is 12.0. The molecule has 136 valence electrons. The maximum atomic E-state index is 12.0. The van der Waals surface area contributed by atoms with Gasteiger partial charge in [-0.15, -0.1) is 0 Å². The second-order valence-corrected chi connectivity index (χ2v) is 6.24. The van der Waals surface area contributed by atoms with Gasteiger partial charge in [0.15, 0.2) is 0 Å². The van der Waals surface area contributed by atoms with Crippen LogP contribution in [0.15, 0.2) is 30.5 Å². The van der Waals surface area contributed by atoms with Gasteiger partial charge in [0.25, 0.3) is 0 Å². The minimum absolute atomic E-state index is 0.0404. The molecule has 7 heteroatoms. The van der Waals surface area contributed by atoms with Crippen molar-refractivity contribution in [2.75, 3.05) is 52.5 Å². The van der Waals surface area contributed by atoms with Crippen LogP contribution in [0.4, 0.5) is 0 Å². The molecule has 1 aliphatic rings. The average Bonchev–Trinajstić information content (AvgIpc) is 3.04. The van der Waals surface area contributed by atoms with Gasteiger partial charge in [0.2, 0.25) is 0 Å². The van der Waals surface area contributed by atoms with Gasteiger partial charge in [0.05, 0.1) is 19.8 Å². The fourth-order valence-corrected chi connectivity index (χ4v) is 3.41. The van der Waals surface area contributed by atoms with E-state index in [1.165, 1.54) is 0 Å². The zero-order chi connectivity index (χ0) is 17.6. The van der Waals surface area contributed by atoms with Crippen LogP contribution in [-0.2, 0) is 9.53 Å². The van der Waals surface area contributed by atoms with Gasteiger partial charge in [-0.2, -0.15) is 0 Å². The van der Waals surface area contributed by atoms with Crippen molar-refractivity contribution in [2.24, 2.45) is 0 Å². The number of ether oxygens (including phenoxy) is 1. The molecule has 0 spiro atoms. The molecule has 0 saturated carbocycles. The number of hydrogen-bond acceptors (Lipinski definition) is 5. The minimum atomic E-state index is -0.815. The van der Waals surface area contributed by atoms with E-state index in [1.807, 2.05) is 35.4 Å². The molecule has 1 aromatic heterocycles. The number of H-pyrrole nitrogens is 1. The summed E-state index contributed by atoms with van der Waals surface area (Å²) in [7, 11) is 0. The number of aliphatic hydroxyl groups is 1. The summed E-state index contributed by atoms with van der Waals surface area (Å²) in [6.45, 7) is 4.83. The first-order chi connectivity index (χ1) is 12.2. The Labute approximate surface area is 146 Å². The second-order valence-electron chi connectivity index (χ2n) is 6.24. The number of para-hydroxylation sites is 1. The van der Waals surface area contributed by atoms with Gasteiger partial charge in [-0.1, -0.05) is 18.2 Å². The third-order valence-electron chi connectivity index (χ3n) is 4.71. The lowest BCUT2D eigenvalue weighted by molar-refractivity contribution is -0.144. The van der Waals surface area contributed by atoms with Gasteiger partial charge in [-0.3, -0.25) is 14.6 Å². The molecule has 1 aromatic carbocycles. The van der Waals surface area contributed by atoms with Crippen LogP contribution < -0.4 is 0 Å². The Morgan fingerprint density at radius 3 is 2.68 bits per heavy atom. The number of carbonyl (C=O) groups is 1. The standard InChI is InChI=1S/C18H25N3O4/c22-10-12-25-11-9-20-5-7-21(8-6-20)17(18(23)24)15-13-19-16-4-2-1-3-14(15)16/h1-4,13,17,19,22H,5-12H2,(H,23,24)/t17-/m1/s1. The van der Waals surface area contributed by atoms with Crippen LogP contribution in [-0.4, -0.2) is 83.5 Å². The van der Waals surface area contributed by atoms with Crippen LogP contribution in [0.3, 0.4) is 0 Å². The number of aliphatic carboxylic acids is 1. The number of rotatable bonds is 8. The van der Waals surface area contributed by atoms with Crippen LogP contribution in [0.5, 0.6) is 0 Å². The number of nitrogens with zero attached hydrogens (tertiary/aromatic N) is 2. The molecule has 2 heterocycles. The number of aromatic amines is 1. The van der Waals surface area contributed by atoms with E-state index < -0.39 is 12.0 Å². The monoisotopic (exact) mass is 347 g/mol. The number of hydrogen-bond donors (Lipinski definition) is 3. The molecule has 0 bridgehead atoms. The molecule has 1 aliphatic heterocycles. The van der Waals surface area contributed by atoms with Crippen molar-refractivity contribution in [2.45, 2.75) is 6.04 Å². The Morgan fingerprint density at radius 1 is 1.20 bits per heavy atom. The van der Waals surface area contributed by atoms with Crippen molar-refractivity contribution in [3.63, 3.8) is 0 Å². The number of carboxylic acids is 1. The molecule has 1 saturated heterocycles. The highest BCUT2D eigenvalue weighted by molar-refractivity contribution is 5.89. The van der Waals surface area contributed by atoms with Crippen molar-refractivity contribution in [1.82, 2.24) is 14.8 Å². The number of benzene rings is 1. The summed E-state index contributed by atoms with van der Waals surface area (Å²) in [5.41, 5.74) is 1.78. The fraction of sp³-hybridized carbons (Fsp3) is 0.500. The van der Waals surface area contributed by atoms with E-state index in [0.717, 1.165) is 36.1 Å². The van der Waals surface area contributed by atoms with Gasteiger partial charge in [0, 0.05) is 55.4 Å². The number of aromatic nitrogens is 1. The Bertz CT molecular complexity index is 694. The van der Waals surface area contributed by atoms with Gasteiger partial charge in [-0.25, -0.2) is 0 Å². The number of nitrogens with one attached hydrogen (secondary N) is 1. The Hall–Kier alpha value is -1.93. The summed E-state index contributed by atoms with van der Waals surface area (Å²) in [6, 6.07) is 7.16. The summed E-state index contributed by atoms with van der Waals surface area (Å²) in [5.74, 6) is -0.815. The lowest BCUT2D eigenvalue weighted by Gasteiger charge is -2.37. The van der Waals surface area contributed by atoms with Crippen LogP contribution in [0.1, 0.15) is 11.6 Å². The smallest absolute Gasteiger partial charge is 0.325 e. The molecule has 25 heavy (non-hydrogen) atoms. The predicted molar refractivity (Wildman–Crippen MR) is 94.6 cm³/mol. The number of carboxylic acid groups (broad SMARTS) is 1. The number of fused-ring (bicyclic) bond motifs is 1. The predicted octanol–water partition coefficient (Wildman–Crippen LogP) is 0.920. The normalized spacial score (nSPS) is 17.8. The highest BCUT2D eigenvalue weighted by Gasteiger charge is 2.31. The second kappa shape index (κ2) is 8.44. The number of piperazine rings is 1. The lowest BCUT2D eigenvalue weighted by Crippen LogP contribution is -2.49. The quantitative estimate of drug-likeness (QED) is 0.616. The van der Waals surface area contributed by atoms with Crippen molar-refractivity contribution in [3.8, 4) is 0 Å². The Kier molecular flexibility index (Phi) is 6.04. The third-order valence-corrected chi connectivity index (χ3v) is 4.71. The summed E-state index contributed by atoms with van der Waals surface area (Å²) in [6.07, 6.45) is 1.82. The van der Waals surface area contributed by atoms with Crippen LogP contribution in [0.2, 0.25) is 0 Å². The van der Waals surface area contributed by atoms with Crippen molar-refractivity contribution in [1.29, 1.82) is 0 Å². The molecule has 0 aliphatic carbocycles. The van der Waals surface area contributed by atoms with Crippen LogP contribution >= 0.6 is 0 Å². The first-order valence-electron chi connectivity index (χ1n) is 8.64. The average molecular weight is 347 g/mol. The van der Waals surface area contributed by atoms with Crippen LogP contribution in [0.25, 0.3) is 10.9 Å². The summed E-state index contributed by atoms with van der Waals surface area (Å²) < 4.78 is 5.30. The molecular weight excluding hydrogens is 322 g/mol. The first-order valence-corrected chi connectivity index (χ1v) is 8.64. The fourth-order valence-electron chi connectivity index (χ4n) is 3.41. The Morgan fingerprint density at radius 2 is 1.96 bits per heavy atom. The SMILES string of the molecule is O=C(O)[C@@H](c1c[nH]c2ccccc12)N1CCN(CCOCCO)CC1. The van der Waals surface area contributed by atoms with E-state index in [9.17, 15) is 9.90 Å². The third kappa shape index (κ3) is 4.19. The van der Waals surface area contributed by atoms with E-state index in [1.54, 1.807) is 0 Å². The summed E-state index contributed by atoms with van der Waals surface area (Å²) >= 11 is 0. The molecular formula is C18H25N3O4. The molecule has 7 nitrogen and oxygen atoms in total. The zero-order valence-corrected chi connectivity index (χ0v) is 14.2. The van der Waals surface area contributed by atoms with Crippen molar-refractivity contribution >= 4 is 16.9 Å². The molecule has 3 N–H and O–H groups in total. The molecule has 1 atom stereocenters. The first kappa shape index (κ1) is 17.9. The minimum Gasteiger partial charge on any atom is -0.480 e. The van der Waals surface area contributed by atoms with Crippen molar-refractivity contribution in [3.05, 3.63) is 36.0 Å². The number of aliphatic hydroxyl groups excluding tert-OH is 1. The molecule has 0 radical (unpaired) electrons. The largest absolute Gasteiger partial charge is 0.480 e. The highest BCUT2D eigenvalue weighted by Crippen LogP contribution is 2.29. The van der Waals surface area contributed by atoms with Gasteiger partial charge < -0.3 is 19.9 Å². The molecule has 2 aromatic rings. The molecule has 1 fully saturated rings. The van der Waals surface area contributed by atoms with E-state index >= 15 is 0 Å². The highest BCUT2D eigenvalue weighted by atomic mass is 16.5. The Balaban J connectivity index is 1.64. The van der Waals surface area contributed by atoms with E-state index in [4.69, 9.17) is 9.84 Å². The zero-order valence-electron chi connectivity index (χ0n) is 14.2. The molecule has 0 unspecified atom stereocenters. The van der Waals surface area contributed by atoms with Crippen LogP contribution in [0, 0.1) is 0 Å². The molecule has 3 rings (SSSR count). The molecule has 0 amide bonds. The summed E-state index contributed by atoms with van der Waals surface area (Å²) in [4.78, 5) is 19.4. The van der Waals surface area contributed by atoms with Gasteiger partial charge in [0.1, 0.15) is 6.04 Å². The van der Waals surface area contributed by atoms with E-state index in [0.29, 0.717) is 26.3 Å². The van der Waals surface area contributed by atoms with Gasteiger partial charge in [-0.05, 0) is 6.07 Å².